The first kappa shape index (κ1) is 85.9. The van der Waals surface area contributed by atoms with Crippen LogP contribution in [-0.2, 0) is 70.3 Å². The van der Waals surface area contributed by atoms with Crippen LogP contribution < -0.4 is 22.6 Å². The Balaban J connectivity index is 0.000000329. The van der Waals surface area contributed by atoms with E-state index in [1.807, 2.05) is 83.1 Å². The number of fused-ring (bicyclic) bond motifs is 2. The van der Waals surface area contributed by atoms with Gasteiger partial charge in [-0.3, -0.25) is 52.1 Å². The van der Waals surface area contributed by atoms with Gasteiger partial charge in [-0.2, -0.15) is 0 Å². The number of aliphatic hydroxyl groups is 1. The highest BCUT2D eigenvalue weighted by atomic mass is 35.5. The van der Waals surface area contributed by atoms with E-state index in [9.17, 15) is 48.0 Å². The van der Waals surface area contributed by atoms with Crippen molar-refractivity contribution in [2.75, 3.05) is 62.2 Å². The average molecular weight is 1510 g/mol. The Hall–Kier alpha value is -2.46. The Morgan fingerprint density at radius 3 is 1.22 bits per heavy atom. The van der Waals surface area contributed by atoms with E-state index in [0.29, 0.717) is 24.7 Å². The number of rotatable bonds is 27. The lowest BCUT2D eigenvalue weighted by atomic mass is 9.99. The van der Waals surface area contributed by atoms with Gasteiger partial charge in [-0.1, -0.05) is 153 Å². The molecule has 2 amide bonds. The van der Waals surface area contributed by atoms with Gasteiger partial charge in [0.1, 0.15) is 40.8 Å². The Kier molecular flexibility index (Phi) is 32.3. The van der Waals surface area contributed by atoms with Gasteiger partial charge in [-0.25, -0.2) is 14.6 Å². The summed E-state index contributed by atoms with van der Waals surface area (Å²) in [6.07, 6.45) is -3.61. The van der Waals surface area contributed by atoms with Gasteiger partial charge in [0, 0.05) is 69.1 Å². The number of hydrogen-bond donors (Lipinski definition) is 3. The van der Waals surface area contributed by atoms with E-state index < -0.39 is 122 Å². The van der Waals surface area contributed by atoms with Gasteiger partial charge in [0.05, 0.1) is 45.3 Å². The van der Waals surface area contributed by atoms with Crippen LogP contribution in [0, 0.1) is 21.7 Å². The monoisotopic (exact) mass is 1510 g/mol. The molecule has 27 nitrogen and oxygen atoms in total. The fraction of sp³-hybridized carbons (Fsp3) is 0.770. The van der Waals surface area contributed by atoms with Crippen molar-refractivity contribution in [2.24, 2.45) is 33.1 Å². The third-order valence-electron chi connectivity index (χ3n) is 13.9. The minimum absolute atomic E-state index is 0.00846. The van der Waals surface area contributed by atoms with Crippen molar-refractivity contribution in [1.29, 1.82) is 0 Å². The first-order valence-electron chi connectivity index (χ1n) is 31.3. The third-order valence-corrected chi connectivity index (χ3v) is 23.3. The number of aliphatic hydroxyl groups excluding tert-OH is 1. The van der Waals surface area contributed by atoms with Gasteiger partial charge in [0.2, 0.25) is 0 Å². The molecular weight excluding hydrogens is 1410 g/mol. The third kappa shape index (κ3) is 25.5. The Morgan fingerprint density at radius 2 is 0.906 bits per heavy atom. The van der Waals surface area contributed by atoms with Crippen LogP contribution in [-0.4, -0.2) is 184 Å². The number of thioether (sulfide) groups is 4. The maximum atomic E-state index is 13.9. The minimum atomic E-state index is -3.76. The lowest BCUT2D eigenvalue weighted by Gasteiger charge is -2.35. The van der Waals surface area contributed by atoms with Crippen LogP contribution in [0.3, 0.4) is 0 Å². The van der Waals surface area contributed by atoms with Gasteiger partial charge in [-0.15, -0.1) is 0 Å². The maximum Gasteiger partial charge on any atom is 0.330 e. The van der Waals surface area contributed by atoms with E-state index in [1.54, 1.807) is 27.7 Å². The largest absolute Gasteiger partial charge is 0.394 e. The summed E-state index contributed by atoms with van der Waals surface area (Å²) in [6.45, 7) is 38.4. The van der Waals surface area contributed by atoms with Gasteiger partial charge in [0.25, 0.3) is 31.5 Å². The second-order valence-electron chi connectivity index (χ2n) is 28.2. The second kappa shape index (κ2) is 36.1. The van der Waals surface area contributed by atoms with Crippen molar-refractivity contribution in [2.45, 2.75) is 218 Å². The molecule has 96 heavy (non-hydrogen) atoms. The first-order valence-corrected chi connectivity index (χ1v) is 38.8. The molecule has 4 fully saturated rings. The average Bonchev–Trinajstić information content (AvgIpc) is 1.60. The molecule has 6 heterocycles. The van der Waals surface area contributed by atoms with Crippen molar-refractivity contribution in [3.05, 3.63) is 54.8 Å². The van der Waals surface area contributed by atoms with Crippen molar-refractivity contribution < 1.29 is 85.0 Å². The summed E-state index contributed by atoms with van der Waals surface area (Å²) in [4.78, 5) is 105. The molecule has 4 aliphatic heterocycles. The number of carbonyl (C=O) groups excluding carboxylic acids is 6. The van der Waals surface area contributed by atoms with Crippen molar-refractivity contribution in [3.63, 3.8) is 0 Å². The first-order chi connectivity index (χ1) is 44.0. The fourth-order valence-corrected chi connectivity index (χ4v) is 16.6. The molecule has 0 aliphatic carbocycles. The van der Waals surface area contributed by atoms with E-state index >= 15 is 0 Å². The number of amides is 2. The van der Waals surface area contributed by atoms with E-state index in [0.717, 1.165) is 32.7 Å². The molecular formula is C61H99Cl2N7O20P2S4. The molecule has 0 unspecified atom stereocenters. The molecule has 35 heteroatoms. The quantitative estimate of drug-likeness (QED) is 0.0553. The van der Waals surface area contributed by atoms with Gasteiger partial charge < -0.3 is 63.1 Å². The zero-order valence-corrected chi connectivity index (χ0v) is 65.2. The van der Waals surface area contributed by atoms with E-state index in [2.05, 4.69) is 42.3 Å². The van der Waals surface area contributed by atoms with Crippen LogP contribution in [0.5, 0.6) is 0 Å². The smallest absolute Gasteiger partial charge is 0.330 e. The number of carbonyl (C=O) groups is 6. The number of aromatic nitrogens is 4. The Bertz CT molecular complexity index is 3110. The summed E-state index contributed by atoms with van der Waals surface area (Å²) in [5.74, 6) is -2.21. The molecule has 5 N–H and O–H groups in total. The standard InChI is InChI=1S/C28H43ClN3O10PS2.C20H40NO4PS2.C13H16ClN3O6/c1-26(2,3)24(35)44-13-10-38-43(37,39-11-14-45-25(36)27(4,5)6)12-9-16-19-20(42-28(7,8)41-19)23(40-16)32-15-17(29)31-18(21(30)33)22(32)34;1-15(2)21(16(3)4)26(24-11-13-27-17(22)19(5,6)7)25-12-14-28-18(23)20(8,9)10;1-13(2)22-8-5(4-18)21-12(9(8)23-13)17-3-6(14)16-7(10(15)19)11(17)20/h15-16,19-20,23H,9-14H2,1-8H3,(H2,30,33);15-16H,11-14H2,1-10H3;3,5,8-9,12,18H,4H2,1-2H3,(H2,15,19)/t16-,19-,20-,23-;;5-,8-,9-,12-/m1.1/s1. The predicted molar refractivity (Wildman–Crippen MR) is 374 cm³/mol. The molecule has 2 aromatic heterocycles. The lowest BCUT2D eigenvalue weighted by molar-refractivity contribution is -0.200. The molecule has 0 saturated carbocycles. The van der Waals surface area contributed by atoms with Crippen LogP contribution in [0.2, 0.25) is 10.3 Å². The predicted octanol–water partition coefficient (Wildman–Crippen LogP) is 10.0. The zero-order valence-electron chi connectivity index (χ0n) is 58.6. The summed E-state index contributed by atoms with van der Waals surface area (Å²) in [5, 5.41) is 9.50. The molecule has 6 rings (SSSR count). The maximum absolute atomic E-state index is 13.9. The number of nitrogens with zero attached hydrogens (tertiary/aromatic N) is 5. The molecule has 0 aromatic carbocycles. The lowest BCUT2D eigenvalue weighted by Crippen LogP contribution is -2.37. The van der Waals surface area contributed by atoms with E-state index in [-0.39, 0.29) is 97.6 Å². The minimum Gasteiger partial charge on any atom is -0.394 e. The molecule has 0 spiro atoms. The van der Waals surface area contributed by atoms with Crippen molar-refractivity contribution >= 4 is 119 Å². The fourth-order valence-electron chi connectivity index (χ4n) is 9.39. The second-order valence-corrected chi connectivity index (χ2v) is 36.9. The highest BCUT2D eigenvalue weighted by Crippen LogP contribution is 2.52. The van der Waals surface area contributed by atoms with Crippen LogP contribution >= 0.6 is 86.4 Å². The van der Waals surface area contributed by atoms with Gasteiger partial charge in [0.15, 0.2) is 55.9 Å². The summed E-state index contributed by atoms with van der Waals surface area (Å²) in [5.41, 5.74) is 6.10. The molecule has 2 aromatic rings. The molecule has 4 aliphatic rings. The number of hydrogen-bond acceptors (Lipinski definition) is 27. The number of halogens is 2. The van der Waals surface area contributed by atoms with Crippen LogP contribution in [0.15, 0.2) is 22.0 Å². The SMILES string of the molecule is CC(C)N(C(C)C)P(OCCSC(=O)C(C)(C)C)OCCSC(=O)C(C)(C)C.CC1(C)O[C@@H]2[C@H](O1)[C@@H](CCP(=O)(OCCSC(=O)C(C)(C)C)OCCSC(=O)C(C)(C)C)O[C@H]2n1cc(Cl)nc(C(N)=O)c1=O.CC1(C)O[C@@H]2[C@H](O1)[C@@H](CO)O[C@H]2n1cc(Cl)nc(C(N)=O)c1=O. The van der Waals surface area contributed by atoms with Crippen molar-refractivity contribution in [3.8, 4) is 0 Å². The Labute approximate surface area is 591 Å². The molecule has 0 radical (unpaired) electrons. The van der Waals surface area contributed by atoms with Crippen LogP contribution in [0.4, 0.5) is 0 Å². The van der Waals surface area contributed by atoms with Crippen LogP contribution in [0.25, 0.3) is 0 Å². The number of primary amides is 2. The Morgan fingerprint density at radius 1 is 0.594 bits per heavy atom. The van der Waals surface area contributed by atoms with Crippen LogP contribution in [0.1, 0.15) is 178 Å². The summed E-state index contributed by atoms with van der Waals surface area (Å²) >= 11 is 16.7. The highest BCUT2D eigenvalue weighted by molar-refractivity contribution is 8.14. The molecule has 8 atom stereocenters. The summed E-state index contributed by atoms with van der Waals surface area (Å²) < 4.78 is 77.6. The normalized spacial score (nSPS) is 22.4. The molecule has 546 valence electrons. The number of ether oxygens (including phenoxy) is 6. The molecule has 4 saturated heterocycles. The zero-order chi connectivity index (χ0) is 73.0. The van der Waals surface area contributed by atoms with Gasteiger partial charge in [-0.05, 0) is 61.8 Å². The molecule has 0 bridgehead atoms. The van der Waals surface area contributed by atoms with Gasteiger partial charge >= 0.3 is 7.60 Å². The summed E-state index contributed by atoms with van der Waals surface area (Å²) in [6, 6.07) is 0.553. The van der Waals surface area contributed by atoms with E-state index in [4.69, 9.17) is 81.2 Å². The number of nitrogens with two attached hydrogens (primary N) is 2. The van der Waals surface area contributed by atoms with E-state index in [1.165, 1.54) is 35.9 Å². The topological polar surface area (TPSA) is 357 Å². The summed E-state index contributed by atoms with van der Waals surface area (Å²) in [7, 11) is -4.99. The van der Waals surface area contributed by atoms with Crippen molar-refractivity contribution in [1.82, 2.24) is 23.8 Å². The highest BCUT2D eigenvalue weighted by Gasteiger charge is 2.58.